The van der Waals surface area contributed by atoms with Crippen molar-refractivity contribution in [2.24, 2.45) is 16.1 Å². The highest BCUT2D eigenvalue weighted by Gasteiger charge is 2.31. The third kappa shape index (κ3) is 5.82. The van der Waals surface area contributed by atoms with Gasteiger partial charge in [0, 0.05) is 16.5 Å². The number of aromatic nitrogens is 1. The number of carbonyl (C=O) groups is 1. The van der Waals surface area contributed by atoms with Crippen molar-refractivity contribution in [2.45, 2.75) is 64.7 Å². The second-order valence-corrected chi connectivity index (χ2v) is 10.9. The summed E-state index contributed by atoms with van der Waals surface area (Å²) in [5, 5.41) is 12.6. The molecule has 1 fully saturated rings. The number of aromatic amines is 1. The lowest BCUT2D eigenvalue weighted by molar-refractivity contribution is -0.0116. The van der Waals surface area contributed by atoms with Crippen LogP contribution in [0.25, 0.3) is 11.8 Å². The van der Waals surface area contributed by atoms with Crippen LogP contribution < -0.4 is 20.5 Å². The topological polar surface area (TPSA) is 88.5 Å². The van der Waals surface area contributed by atoms with Gasteiger partial charge < -0.3 is 19.3 Å². The Bertz CT molecular complexity index is 1350. The molecule has 5 rings (SSSR count). The minimum Gasteiger partial charge on any atom is -0.490 e. The molecule has 8 nitrogen and oxygen atoms in total. The number of rotatable bonds is 4. The quantitative estimate of drug-likeness (QED) is 0.533. The third-order valence-corrected chi connectivity index (χ3v) is 6.76. The van der Waals surface area contributed by atoms with Gasteiger partial charge in [0.2, 0.25) is 0 Å². The van der Waals surface area contributed by atoms with Crippen LogP contribution in [0.2, 0.25) is 0 Å². The Labute approximate surface area is 219 Å². The minimum absolute atomic E-state index is 0.0673. The molecule has 1 N–H and O–H groups in total. The molecular weight excluding hydrogens is 499 g/mol. The number of anilines is 1. The van der Waals surface area contributed by atoms with E-state index in [1.165, 1.54) is 17.2 Å². The van der Waals surface area contributed by atoms with Gasteiger partial charge in [0.15, 0.2) is 0 Å². The monoisotopic (exact) mass is 528 g/mol. The van der Waals surface area contributed by atoms with Gasteiger partial charge in [0.25, 0.3) is 0 Å². The number of nitrogens with one attached hydrogen (secondary N) is 1. The van der Waals surface area contributed by atoms with Crippen molar-refractivity contribution in [2.75, 3.05) is 11.6 Å². The first-order valence-corrected chi connectivity index (χ1v) is 12.8. The van der Waals surface area contributed by atoms with E-state index in [4.69, 9.17) is 25.9 Å². The van der Waals surface area contributed by atoms with E-state index in [0.717, 1.165) is 47.6 Å². The molecule has 0 bridgehead atoms. The number of azo groups is 1. The van der Waals surface area contributed by atoms with Crippen molar-refractivity contribution in [1.29, 1.82) is 0 Å². The maximum Gasteiger partial charge on any atom is 0.533 e. The fourth-order valence-corrected chi connectivity index (χ4v) is 5.07. The molecule has 1 aromatic heterocycles. The smallest absolute Gasteiger partial charge is 0.490 e. The molecule has 1 saturated carbocycles. The molecule has 1 aliphatic carbocycles. The van der Waals surface area contributed by atoms with Gasteiger partial charge in [0.1, 0.15) is 22.9 Å². The van der Waals surface area contributed by atoms with Crippen molar-refractivity contribution in [3.63, 3.8) is 0 Å². The van der Waals surface area contributed by atoms with Crippen LogP contribution >= 0.6 is 11.6 Å². The second-order valence-electron chi connectivity index (χ2n) is 10.4. The van der Waals surface area contributed by atoms with E-state index in [9.17, 15) is 9.18 Å². The number of nitrogens with zero attached hydrogens (tertiary/aromatic N) is 3. The number of benzene rings is 1. The minimum atomic E-state index is -0.791. The van der Waals surface area contributed by atoms with Gasteiger partial charge in [-0.25, -0.2) is 9.18 Å². The molecule has 10 heteroatoms. The lowest BCUT2D eigenvalue weighted by Crippen LogP contribution is -2.34. The number of ether oxygens (including phenoxy) is 2. The van der Waals surface area contributed by atoms with Gasteiger partial charge in [-0.05, 0) is 82.9 Å². The molecule has 0 amide bonds. The normalized spacial score (nSPS) is 21.3. The fraction of sp³-hybridized carbons (Fsp3) is 0.444. The van der Waals surface area contributed by atoms with Gasteiger partial charge in [0.05, 0.1) is 35.6 Å². The van der Waals surface area contributed by atoms with E-state index in [2.05, 4.69) is 15.2 Å². The van der Waals surface area contributed by atoms with Gasteiger partial charge in [-0.2, -0.15) is 15.3 Å². The Hall–Kier alpha value is -3.33. The molecule has 0 saturated heterocycles. The van der Waals surface area contributed by atoms with Crippen LogP contribution in [0.4, 0.5) is 14.9 Å². The summed E-state index contributed by atoms with van der Waals surface area (Å²) in [6.45, 7) is 5.97. The maximum atomic E-state index is 13.2. The van der Waals surface area contributed by atoms with E-state index in [-0.39, 0.29) is 24.4 Å². The molecule has 37 heavy (non-hydrogen) atoms. The predicted octanol–water partition coefficient (Wildman–Crippen LogP) is 5.46. The van der Waals surface area contributed by atoms with Crippen LogP contribution in [-0.4, -0.2) is 29.4 Å². The van der Waals surface area contributed by atoms with Gasteiger partial charge in [-0.15, -0.1) is 0 Å². The number of hydroxylamine groups is 1. The lowest BCUT2D eigenvalue weighted by Gasteiger charge is -2.29. The predicted molar refractivity (Wildman–Crippen MR) is 138 cm³/mol. The van der Waals surface area contributed by atoms with E-state index in [1.54, 1.807) is 39.0 Å². The second kappa shape index (κ2) is 10.2. The molecule has 0 radical (unpaired) electrons. The van der Waals surface area contributed by atoms with Crippen molar-refractivity contribution in [3.8, 4) is 5.75 Å². The Morgan fingerprint density at radius 3 is 2.59 bits per heavy atom. The molecule has 0 spiro atoms. The molecule has 1 aromatic carbocycles. The van der Waals surface area contributed by atoms with Crippen LogP contribution in [0, 0.1) is 11.7 Å². The number of hydrogen-bond donors (Lipinski definition) is 1. The van der Waals surface area contributed by atoms with Crippen LogP contribution in [0.15, 0.2) is 45.6 Å². The fourth-order valence-electron chi connectivity index (χ4n) is 4.89. The summed E-state index contributed by atoms with van der Waals surface area (Å²) < 4.78 is 24.6. The average Bonchev–Trinajstić information content (AvgIpc) is 3.12. The van der Waals surface area contributed by atoms with E-state index < -0.39 is 11.8 Å². The molecule has 0 unspecified atom stereocenters. The molecule has 3 heterocycles. The van der Waals surface area contributed by atoms with E-state index in [0.29, 0.717) is 23.0 Å². The van der Waals surface area contributed by atoms with Crippen LogP contribution in [-0.2, 0) is 16.1 Å². The van der Waals surface area contributed by atoms with Gasteiger partial charge in [-0.1, -0.05) is 11.6 Å². The van der Waals surface area contributed by atoms with Crippen LogP contribution in [0.3, 0.4) is 0 Å². The van der Waals surface area contributed by atoms with Crippen molar-refractivity contribution in [3.05, 3.63) is 57.5 Å². The van der Waals surface area contributed by atoms with E-state index >= 15 is 0 Å². The number of allylic oxidation sites excluding steroid dienone is 1. The first kappa shape index (κ1) is 25.3. The number of halogens is 2. The average molecular weight is 529 g/mol. The zero-order chi connectivity index (χ0) is 26.2. The maximum absolute atomic E-state index is 13.2. The summed E-state index contributed by atoms with van der Waals surface area (Å²) in [7, 11) is 0. The van der Waals surface area contributed by atoms with Crippen molar-refractivity contribution < 1.29 is 23.5 Å². The molecule has 196 valence electrons. The Balaban J connectivity index is 1.39. The summed E-state index contributed by atoms with van der Waals surface area (Å²) in [5.41, 5.74) is 1.82. The molecule has 3 aliphatic rings. The first-order valence-electron chi connectivity index (χ1n) is 12.5. The van der Waals surface area contributed by atoms with Gasteiger partial charge >= 0.3 is 6.16 Å². The number of carbonyl (C=O) groups excluding carboxylic acids is 1. The summed E-state index contributed by atoms with van der Waals surface area (Å²) in [6.07, 6.45) is 6.33. The third-order valence-electron chi connectivity index (χ3n) is 6.50. The molecule has 2 aliphatic heterocycles. The zero-order valence-electron chi connectivity index (χ0n) is 21.1. The standard InChI is InChI=1S/C27H30ClFN4O4/c1-27(2,3)36-26(34)37-33-13-12-17(28)14-22-25(33)21-15-30-32-23(24(21)31-22)16-4-8-19(9-5-16)35-20-10-6-18(29)7-11-20/h6-7,10-12,14,16,19,31H,4-5,8-9,13,15H2,1-3H3/t16-,19-. The highest BCUT2D eigenvalue weighted by Crippen LogP contribution is 2.35. The summed E-state index contributed by atoms with van der Waals surface area (Å²) in [5.74, 6) is 0.597. The molecule has 0 atom stereocenters. The van der Waals surface area contributed by atoms with Crippen molar-refractivity contribution in [1.82, 2.24) is 4.98 Å². The largest absolute Gasteiger partial charge is 0.533 e. The number of hydrogen-bond acceptors (Lipinski definition) is 7. The Morgan fingerprint density at radius 2 is 1.89 bits per heavy atom. The summed E-state index contributed by atoms with van der Waals surface area (Å²) in [4.78, 5) is 21.6. The Kier molecular flexibility index (Phi) is 6.98. The van der Waals surface area contributed by atoms with Crippen LogP contribution in [0.1, 0.15) is 52.0 Å². The SMILES string of the molecule is CC(C)(C)OC(=O)ON1CC=C(Cl)C=c2[nH]c3c(c21)CN=NC=3[C@H]1CC[C@H](Oc2ccc(F)cc2)CC1. The number of H-pyrrole nitrogens is 1. The first-order chi connectivity index (χ1) is 17.7. The van der Waals surface area contributed by atoms with Gasteiger partial charge in [-0.3, -0.25) is 0 Å². The molecule has 2 aromatic rings. The molecular formula is C27H30ClFN4O4. The summed E-state index contributed by atoms with van der Waals surface area (Å²) >= 11 is 6.40. The van der Waals surface area contributed by atoms with Crippen LogP contribution in [0.5, 0.6) is 5.75 Å². The van der Waals surface area contributed by atoms with E-state index in [1.807, 2.05) is 6.08 Å². The highest BCUT2D eigenvalue weighted by atomic mass is 35.5. The zero-order valence-corrected chi connectivity index (χ0v) is 21.8. The van der Waals surface area contributed by atoms with Crippen molar-refractivity contribution >= 4 is 35.2 Å². The Morgan fingerprint density at radius 1 is 1.16 bits per heavy atom. The highest BCUT2D eigenvalue weighted by molar-refractivity contribution is 6.34. The summed E-state index contributed by atoms with van der Waals surface area (Å²) in [6, 6.07) is 6.13. The number of fused-ring (bicyclic) bond motifs is 3. The lowest BCUT2D eigenvalue weighted by atomic mass is 9.84.